The zero-order valence-corrected chi connectivity index (χ0v) is 9.31. The number of carbonyl (C=O) groups excluding carboxylic acids is 1. The third kappa shape index (κ3) is 2.98. The van der Waals surface area contributed by atoms with Crippen LogP contribution in [-0.4, -0.2) is 12.5 Å². The molecule has 2 rings (SSSR count). The van der Waals surface area contributed by atoms with Crippen molar-refractivity contribution < 1.29 is 13.6 Å². The van der Waals surface area contributed by atoms with E-state index < -0.39 is 0 Å². The van der Waals surface area contributed by atoms with Crippen LogP contribution in [0.4, 0.5) is 0 Å². The highest BCUT2D eigenvalue weighted by atomic mass is 16.4. The predicted molar refractivity (Wildman–Crippen MR) is 61.3 cm³/mol. The fraction of sp³-hybridized carbons (Fsp3) is 0.250. The normalized spacial score (nSPS) is 10.4. The molecule has 0 fully saturated rings. The van der Waals surface area contributed by atoms with Gasteiger partial charge in [-0.25, -0.2) is 0 Å². The molecule has 3 N–H and O–H groups in total. The van der Waals surface area contributed by atoms with E-state index in [-0.39, 0.29) is 11.7 Å². The topological polar surface area (TPSA) is 81.4 Å². The number of hydrogen-bond donors (Lipinski definition) is 2. The van der Waals surface area contributed by atoms with Crippen LogP contribution < -0.4 is 11.1 Å². The highest BCUT2D eigenvalue weighted by Gasteiger charge is 2.09. The highest BCUT2D eigenvalue weighted by Crippen LogP contribution is 2.06. The van der Waals surface area contributed by atoms with Gasteiger partial charge in [-0.05, 0) is 24.3 Å². The van der Waals surface area contributed by atoms with E-state index >= 15 is 0 Å². The summed E-state index contributed by atoms with van der Waals surface area (Å²) >= 11 is 0. The molecule has 0 saturated heterocycles. The monoisotopic (exact) mass is 234 g/mol. The molecule has 0 atom stereocenters. The van der Waals surface area contributed by atoms with Crippen molar-refractivity contribution in [1.29, 1.82) is 0 Å². The average molecular weight is 234 g/mol. The molecule has 5 heteroatoms. The van der Waals surface area contributed by atoms with E-state index in [1.165, 1.54) is 0 Å². The molecule has 0 aliphatic heterocycles. The summed E-state index contributed by atoms with van der Waals surface area (Å²) in [6.07, 6.45) is 2.26. The van der Waals surface area contributed by atoms with Crippen LogP contribution >= 0.6 is 0 Å². The van der Waals surface area contributed by atoms with Gasteiger partial charge in [0.15, 0.2) is 5.76 Å². The smallest absolute Gasteiger partial charge is 0.287 e. The van der Waals surface area contributed by atoms with Crippen molar-refractivity contribution in [2.24, 2.45) is 5.73 Å². The quantitative estimate of drug-likeness (QED) is 0.817. The van der Waals surface area contributed by atoms with Crippen molar-refractivity contribution in [3.8, 4) is 0 Å². The second-order valence-corrected chi connectivity index (χ2v) is 3.56. The third-order valence-electron chi connectivity index (χ3n) is 2.32. The van der Waals surface area contributed by atoms with Crippen LogP contribution in [0.3, 0.4) is 0 Å². The van der Waals surface area contributed by atoms with E-state index in [0.29, 0.717) is 25.3 Å². The van der Waals surface area contributed by atoms with E-state index in [2.05, 4.69) is 5.32 Å². The fourth-order valence-electron chi connectivity index (χ4n) is 1.45. The molecule has 17 heavy (non-hydrogen) atoms. The molecule has 0 radical (unpaired) electrons. The van der Waals surface area contributed by atoms with Gasteiger partial charge in [0.25, 0.3) is 5.91 Å². The zero-order chi connectivity index (χ0) is 12.1. The Morgan fingerprint density at radius 2 is 2.18 bits per heavy atom. The maximum atomic E-state index is 11.6. The summed E-state index contributed by atoms with van der Waals surface area (Å²) in [5, 5.41) is 2.74. The number of nitrogens with two attached hydrogens (primary N) is 1. The first-order chi connectivity index (χ1) is 8.29. The van der Waals surface area contributed by atoms with Crippen LogP contribution in [0.1, 0.15) is 22.1 Å². The molecule has 0 unspecified atom stereocenters. The number of hydrogen-bond acceptors (Lipinski definition) is 4. The van der Waals surface area contributed by atoms with Gasteiger partial charge in [-0.2, -0.15) is 0 Å². The molecule has 0 bridgehead atoms. The first-order valence-corrected chi connectivity index (χ1v) is 5.39. The first-order valence-electron chi connectivity index (χ1n) is 5.39. The van der Waals surface area contributed by atoms with Gasteiger partial charge < -0.3 is 19.9 Å². The Balaban J connectivity index is 1.81. The summed E-state index contributed by atoms with van der Waals surface area (Å²) in [5.41, 5.74) is 5.39. The lowest BCUT2D eigenvalue weighted by molar-refractivity contribution is 0.0924. The summed E-state index contributed by atoms with van der Waals surface area (Å²) in [4.78, 5) is 11.6. The highest BCUT2D eigenvalue weighted by molar-refractivity contribution is 5.91. The van der Waals surface area contributed by atoms with Crippen molar-refractivity contribution >= 4 is 5.91 Å². The molecule has 0 aliphatic rings. The minimum absolute atomic E-state index is 0.240. The van der Waals surface area contributed by atoms with Crippen molar-refractivity contribution in [3.05, 3.63) is 47.8 Å². The number of rotatable bonds is 5. The van der Waals surface area contributed by atoms with Gasteiger partial charge in [-0.15, -0.1) is 0 Å². The zero-order valence-electron chi connectivity index (χ0n) is 9.31. The SMILES string of the molecule is NCc1ccc(C(=O)NCCc2ccco2)o1. The molecule has 2 aromatic rings. The lowest BCUT2D eigenvalue weighted by Gasteiger charge is -2.01. The fourth-order valence-corrected chi connectivity index (χ4v) is 1.45. The van der Waals surface area contributed by atoms with E-state index in [0.717, 1.165) is 5.76 Å². The van der Waals surface area contributed by atoms with Gasteiger partial charge in [-0.1, -0.05) is 0 Å². The van der Waals surface area contributed by atoms with Crippen LogP contribution in [0.15, 0.2) is 39.4 Å². The first kappa shape index (κ1) is 11.5. The van der Waals surface area contributed by atoms with Gasteiger partial charge in [0.05, 0.1) is 12.8 Å². The summed E-state index contributed by atoms with van der Waals surface area (Å²) in [6, 6.07) is 6.99. The molecule has 90 valence electrons. The van der Waals surface area contributed by atoms with Crippen molar-refractivity contribution in [3.63, 3.8) is 0 Å². The van der Waals surface area contributed by atoms with E-state index in [1.807, 2.05) is 12.1 Å². The molecule has 5 nitrogen and oxygen atoms in total. The van der Waals surface area contributed by atoms with Gasteiger partial charge in [0.2, 0.25) is 0 Å². The number of amides is 1. The van der Waals surface area contributed by atoms with Crippen LogP contribution in [0.5, 0.6) is 0 Å². The maximum absolute atomic E-state index is 11.6. The van der Waals surface area contributed by atoms with Gasteiger partial charge >= 0.3 is 0 Å². The Morgan fingerprint density at radius 3 is 2.82 bits per heavy atom. The molecule has 2 aromatic heterocycles. The lowest BCUT2D eigenvalue weighted by Crippen LogP contribution is -2.25. The molecule has 2 heterocycles. The number of nitrogens with one attached hydrogen (secondary N) is 1. The molecule has 0 aromatic carbocycles. The Kier molecular flexibility index (Phi) is 3.62. The van der Waals surface area contributed by atoms with Crippen molar-refractivity contribution in [2.45, 2.75) is 13.0 Å². The molecular formula is C12H14N2O3. The molecular weight excluding hydrogens is 220 g/mol. The van der Waals surface area contributed by atoms with Crippen LogP contribution in [0, 0.1) is 0 Å². The maximum Gasteiger partial charge on any atom is 0.287 e. The van der Waals surface area contributed by atoms with Crippen molar-refractivity contribution in [2.75, 3.05) is 6.54 Å². The Labute approximate surface area is 98.6 Å². The number of furan rings is 2. The van der Waals surface area contributed by atoms with Crippen LogP contribution in [0.2, 0.25) is 0 Å². The second-order valence-electron chi connectivity index (χ2n) is 3.56. The Hall–Kier alpha value is -2.01. The molecule has 0 spiro atoms. The van der Waals surface area contributed by atoms with Gasteiger partial charge in [0.1, 0.15) is 11.5 Å². The summed E-state index contributed by atoms with van der Waals surface area (Å²) in [5.74, 6) is 1.48. The molecule has 0 saturated carbocycles. The van der Waals surface area contributed by atoms with E-state index in [1.54, 1.807) is 18.4 Å². The minimum atomic E-state index is -0.240. The number of carbonyl (C=O) groups is 1. The molecule has 0 aliphatic carbocycles. The Morgan fingerprint density at radius 1 is 1.29 bits per heavy atom. The molecule has 1 amide bonds. The average Bonchev–Trinajstić information content (AvgIpc) is 2.99. The third-order valence-corrected chi connectivity index (χ3v) is 2.32. The largest absolute Gasteiger partial charge is 0.469 e. The van der Waals surface area contributed by atoms with Gasteiger partial charge in [0, 0.05) is 13.0 Å². The summed E-state index contributed by atoms with van der Waals surface area (Å²) in [6.45, 7) is 0.796. The Bertz CT molecular complexity index is 474. The summed E-state index contributed by atoms with van der Waals surface area (Å²) < 4.78 is 10.4. The minimum Gasteiger partial charge on any atom is -0.469 e. The van der Waals surface area contributed by atoms with E-state index in [4.69, 9.17) is 14.6 Å². The van der Waals surface area contributed by atoms with Crippen molar-refractivity contribution in [1.82, 2.24) is 5.32 Å². The lowest BCUT2D eigenvalue weighted by atomic mass is 10.3. The second kappa shape index (κ2) is 5.36. The van der Waals surface area contributed by atoms with Crippen LogP contribution in [0.25, 0.3) is 0 Å². The van der Waals surface area contributed by atoms with Crippen LogP contribution in [-0.2, 0) is 13.0 Å². The predicted octanol–water partition coefficient (Wildman–Crippen LogP) is 1.30. The standard InChI is InChI=1S/C12H14N2O3/c13-8-10-3-4-11(17-10)12(15)14-6-5-9-2-1-7-16-9/h1-4,7H,5-6,8,13H2,(H,14,15). The van der Waals surface area contributed by atoms with Gasteiger partial charge in [-0.3, -0.25) is 4.79 Å². The van der Waals surface area contributed by atoms with E-state index in [9.17, 15) is 4.79 Å². The summed E-state index contributed by atoms with van der Waals surface area (Å²) in [7, 11) is 0.